The van der Waals surface area contributed by atoms with Crippen LogP contribution in [0, 0.1) is 23.0 Å². The largest absolute Gasteiger partial charge is 0.371 e. The van der Waals surface area contributed by atoms with Gasteiger partial charge in [-0.15, -0.1) is 0 Å². The van der Waals surface area contributed by atoms with Gasteiger partial charge in [0.05, 0.1) is 28.4 Å². The normalized spacial score (nSPS) is 20.5. The van der Waals surface area contributed by atoms with E-state index in [1.54, 1.807) is 23.9 Å². The van der Waals surface area contributed by atoms with Crippen LogP contribution in [0.2, 0.25) is 0 Å². The van der Waals surface area contributed by atoms with E-state index in [0.717, 1.165) is 28.7 Å². The number of hydrogen-bond acceptors (Lipinski definition) is 5. The van der Waals surface area contributed by atoms with E-state index in [0.29, 0.717) is 5.92 Å². The lowest BCUT2D eigenvalue weighted by Gasteiger charge is -2.35. The summed E-state index contributed by atoms with van der Waals surface area (Å²) in [6.45, 7) is 15.5. The van der Waals surface area contributed by atoms with Crippen LogP contribution < -0.4 is 0 Å². The summed E-state index contributed by atoms with van der Waals surface area (Å²) in [7, 11) is 0. The lowest BCUT2D eigenvalue weighted by atomic mass is 10.1. The molecular weight excluding hydrogens is 362 g/mol. The summed E-state index contributed by atoms with van der Waals surface area (Å²) >= 11 is 1.73. The third-order valence-corrected chi connectivity index (χ3v) is 5.37. The average molecular weight is 394 g/mol. The molecule has 1 heterocycles. The second kappa shape index (κ2) is 8.61. The van der Waals surface area contributed by atoms with Gasteiger partial charge in [-0.3, -0.25) is 10.1 Å². The van der Waals surface area contributed by atoms with E-state index < -0.39 is 0 Å². The van der Waals surface area contributed by atoms with Crippen LogP contribution in [-0.4, -0.2) is 45.0 Å². The van der Waals surface area contributed by atoms with E-state index in [4.69, 9.17) is 9.73 Å². The van der Waals surface area contributed by atoms with Crippen molar-refractivity contribution in [2.75, 3.05) is 12.3 Å². The first-order chi connectivity index (χ1) is 12.5. The molecule has 1 aromatic rings. The van der Waals surface area contributed by atoms with Crippen molar-refractivity contribution in [3.8, 4) is 0 Å². The summed E-state index contributed by atoms with van der Waals surface area (Å²) in [5.41, 5.74) is 1.49. The molecule has 1 aromatic carbocycles. The van der Waals surface area contributed by atoms with Gasteiger partial charge in [0.1, 0.15) is 0 Å². The maximum Gasteiger partial charge on any atom is 0.269 e. The third kappa shape index (κ3) is 5.94. The first-order valence-corrected chi connectivity index (χ1v) is 10.4. The second-order valence-corrected chi connectivity index (χ2v) is 9.47. The molecule has 0 bridgehead atoms. The van der Waals surface area contributed by atoms with Crippen LogP contribution in [0.5, 0.6) is 0 Å². The Morgan fingerprint density at radius 2 is 2.04 bits per heavy atom. The van der Waals surface area contributed by atoms with Gasteiger partial charge >= 0.3 is 0 Å². The Morgan fingerprint density at radius 3 is 2.56 bits per heavy atom. The predicted molar refractivity (Wildman–Crippen MR) is 113 cm³/mol. The molecule has 6 nitrogen and oxygen atoms in total. The Hall–Kier alpha value is -1.60. The van der Waals surface area contributed by atoms with Crippen LogP contribution in [0.1, 0.15) is 47.1 Å². The number of nitro benzene ring substituents is 1. The van der Waals surface area contributed by atoms with Crippen molar-refractivity contribution in [1.29, 1.82) is 0 Å². The molecule has 150 valence electrons. The Balaban J connectivity index is 2.29. The Morgan fingerprint density at radius 1 is 1.37 bits per heavy atom. The standard InChI is InChI=1S/C20H31N3O3S/c1-13(2)11-22-18(15(4)26-20(5,6)7)12-27-19(22)21-17-9-8-16(23(24)25)10-14(17)3/h8-10,13,15,18H,11-12H2,1-7H3/t15?,18-/m1/s1. The molecule has 1 aliphatic rings. The monoisotopic (exact) mass is 393 g/mol. The van der Waals surface area contributed by atoms with Crippen LogP contribution in [0.25, 0.3) is 0 Å². The topological polar surface area (TPSA) is 68.0 Å². The van der Waals surface area contributed by atoms with E-state index in [1.807, 2.05) is 6.92 Å². The van der Waals surface area contributed by atoms with Crippen LogP contribution >= 0.6 is 11.8 Å². The molecule has 0 aliphatic carbocycles. The average Bonchev–Trinajstić information content (AvgIpc) is 2.89. The molecule has 0 radical (unpaired) electrons. The van der Waals surface area contributed by atoms with Gasteiger partial charge in [-0.05, 0) is 52.2 Å². The first kappa shape index (κ1) is 21.7. The van der Waals surface area contributed by atoms with Gasteiger partial charge in [-0.2, -0.15) is 0 Å². The van der Waals surface area contributed by atoms with E-state index in [2.05, 4.69) is 46.4 Å². The van der Waals surface area contributed by atoms with Crippen molar-refractivity contribution >= 4 is 28.3 Å². The zero-order valence-electron chi connectivity index (χ0n) is 17.4. The second-order valence-electron chi connectivity index (χ2n) is 8.48. The minimum absolute atomic E-state index is 0.0851. The zero-order chi connectivity index (χ0) is 20.4. The molecular formula is C20H31N3O3S. The highest BCUT2D eigenvalue weighted by Gasteiger charge is 2.36. The maximum atomic E-state index is 11.0. The number of nitro groups is 1. The number of ether oxygens (including phenoxy) is 1. The number of amidine groups is 1. The summed E-state index contributed by atoms with van der Waals surface area (Å²) in [5, 5.41) is 11.9. The molecule has 2 atom stereocenters. The SMILES string of the molecule is Cc1cc([N+](=O)[O-])ccc1N=C1SC[C@H](C(C)OC(C)(C)C)N1CC(C)C. The molecule has 1 saturated heterocycles. The summed E-state index contributed by atoms with van der Waals surface area (Å²) < 4.78 is 6.21. The fourth-order valence-corrected chi connectivity index (χ4v) is 4.49. The third-order valence-electron chi connectivity index (χ3n) is 4.28. The summed E-state index contributed by atoms with van der Waals surface area (Å²) in [6.07, 6.45) is 0.0851. The fourth-order valence-electron chi connectivity index (χ4n) is 3.18. The molecule has 0 spiro atoms. The Kier molecular flexibility index (Phi) is 6.92. The van der Waals surface area contributed by atoms with Crippen LogP contribution in [-0.2, 0) is 4.74 Å². The number of hydrogen-bond donors (Lipinski definition) is 0. The van der Waals surface area contributed by atoms with Crippen LogP contribution in [0.4, 0.5) is 11.4 Å². The number of rotatable bonds is 6. The van der Waals surface area contributed by atoms with E-state index in [-0.39, 0.29) is 28.4 Å². The van der Waals surface area contributed by atoms with Gasteiger partial charge < -0.3 is 9.64 Å². The number of thioether (sulfide) groups is 1. The Bertz CT molecular complexity index is 713. The molecule has 7 heteroatoms. The van der Waals surface area contributed by atoms with Crippen molar-refractivity contribution < 1.29 is 9.66 Å². The molecule has 1 unspecified atom stereocenters. The van der Waals surface area contributed by atoms with Crippen LogP contribution in [0.3, 0.4) is 0 Å². The molecule has 0 saturated carbocycles. The van der Waals surface area contributed by atoms with E-state index >= 15 is 0 Å². The minimum atomic E-state index is -0.374. The van der Waals surface area contributed by atoms with Crippen molar-refractivity contribution in [2.45, 2.75) is 66.2 Å². The number of benzene rings is 1. The van der Waals surface area contributed by atoms with Gasteiger partial charge in [-0.25, -0.2) is 4.99 Å². The van der Waals surface area contributed by atoms with E-state index in [1.165, 1.54) is 6.07 Å². The number of aryl methyl sites for hydroxylation is 1. The molecule has 0 aromatic heterocycles. The summed E-state index contributed by atoms with van der Waals surface area (Å²) in [4.78, 5) is 17.8. The summed E-state index contributed by atoms with van der Waals surface area (Å²) in [5.74, 6) is 1.42. The Labute approximate surface area is 166 Å². The van der Waals surface area contributed by atoms with Crippen molar-refractivity contribution in [2.24, 2.45) is 10.9 Å². The van der Waals surface area contributed by atoms with Gasteiger partial charge in [0.2, 0.25) is 0 Å². The fraction of sp³-hybridized carbons (Fsp3) is 0.650. The lowest BCUT2D eigenvalue weighted by Crippen LogP contribution is -2.46. The highest BCUT2D eigenvalue weighted by Crippen LogP contribution is 2.33. The minimum Gasteiger partial charge on any atom is -0.371 e. The smallest absolute Gasteiger partial charge is 0.269 e. The van der Waals surface area contributed by atoms with E-state index in [9.17, 15) is 10.1 Å². The van der Waals surface area contributed by atoms with Crippen molar-refractivity contribution in [3.63, 3.8) is 0 Å². The number of nitrogens with zero attached hydrogens (tertiary/aromatic N) is 3. The highest BCUT2D eigenvalue weighted by molar-refractivity contribution is 8.14. The predicted octanol–water partition coefficient (Wildman–Crippen LogP) is 5.17. The van der Waals surface area contributed by atoms with Crippen LogP contribution in [0.15, 0.2) is 23.2 Å². The molecule has 27 heavy (non-hydrogen) atoms. The summed E-state index contributed by atoms with van der Waals surface area (Å²) in [6, 6.07) is 5.08. The molecule has 0 N–H and O–H groups in total. The molecule has 0 amide bonds. The maximum absolute atomic E-state index is 11.0. The van der Waals surface area contributed by atoms with Gasteiger partial charge in [0, 0.05) is 24.4 Å². The highest BCUT2D eigenvalue weighted by atomic mass is 32.2. The van der Waals surface area contributed by atoms with Crippen molar-refractivity contribution in [1.82, 2.24) is 4.90 Å². The first-order valence-electron chi connectivity index (χ1n) is 9.39. The quantitative estimate of drug-likeness (QED) is 0.493. The van der Waals surface area contributed by atoms with Gasteiger partial charge in [0.15, 0.2) is 5.17 Å². The van der Waals surface area contributed by atoms with Gasteiger partial charge in [0.25, 0.3) is 5.69 Å². The van der Waals surface area contributed by atoms with Gasteiger partial charge in [-0.1, -0.05) is 25.6 Å². The number of non-ortho nitro benzene ring substituents is 1. The number of aliphatic imine (C=N–C) groups is 1. The molecule has 2 rings (SSSR count). The molecule has 1 aliphatic heterocycles. The van der Waals surface area contributed by atoms with Crippen molar-refractivity contribution in [3.05, 3.63) is 33.9 Å². The zero-order valence-corrected chi connectivity index (χ0v) is 18.2. The lowest BCUT2D eigenvalue weighted by molar-refractivity contribution is -0.384. The molecule has 1 fully saturated rings.